The third-order valence-electron chi connectivity index (χ3n) is 2.11. The summed E-state index contributed by atoms with van der Waals surface area (Å²) in [6.07, 6.45) is 0. The van der Waals surface area contributed by atoms with E-state index in [4.69, 9.17) is 10.9 Å². The minimum atomic E-state index is -0.962. The van der Waals surface area contributed by atoms with Crippen LogP contribution in [0.3, 0.4) is 0 Å². The van der Waals surface area contributed by atoms with E-state index in [1.54, 1.807) is 13.0 Å². The van der Waals surface area contributed by atoms with Crippen molar-refractivity contribution in [2.45, 2.75) is 6.92 Å². The summed E-state index contributed by atoms with van der Waals surface area (Å²) in [6, 6.07) is 4.67. The maximum atomic E-state index is 10.7. The second-order valence-corrected chi connectivity index (χ2v) is 3.04. The number of hydrogen-bond donors (Lipinski definition) is 2. The molecule has 0 unspecified atom stereocenters. The van der Waals surface area contributed by atoms with Gasteiger partial charge in [0.25, 0.3) is 0 Å². The number of aromatic carboxylic acids is 1. The molecule has 0 radical (unpaired) electrons. The summed E-state index contributed by atoms with van der Waals surface area (Å²) in [6.45, 7) is 1.76. The largest absolute Gasteiger partial charge is 0.478 e. The summed E-state index contributed by atoms with van der Waals surface area (Å²) in [5.41, 5.74) is 1.55. The molecule has 0 saturated carbocycles. The van der Waals surface area contributed by atoms with Crippen molar-refractivity contribution in [1.29, 1.82) is 0 Å². The molecule has 0 bridgehead atoms. The van der Waals surface area contributed by atoms with Gasteiger partial charge in [-0.1, -0.05) is 0 Å². The lowest BCUT2D eigenvalue weighted by Crippen LogP contribution is -2.09. The Balaban J connectivity index is 0.00000112. The molecule has 80 valence electrons. The molecule has 5 nitrogen and oxygen atoms in total. The lowest BCUT2D eigenvalue weighted by atomic mass is 10.2. The number of rotatable bonds is 1. The van der Waals surface area contributed by atoms with Gasteiger partial charge in [0.15, 0.2) is 0 Å². The SMILES string of the molecule is Cc1nc2cc(C(=O)O)ccc2n1N.Cl. The molecule has 0 aliphatic rings. The van der Waals surface area contributed by atoms with Gasteiger partial charge in [-0.2, -0.15) is 0 Å². The van der Waals surface area contributed by atoms with Crippen molar-refractivity contribution in [3.8, 4) is 0 Å². The zero-order valence-electron chi connectivity index (χ0n) is 7.97. The normalized spacial score (nSPS) is 9.93. The van der Waals surface area contributed by atoms with Crippen molar-refractivity contribution in [3.05, 3.63) is 29.6 Å². The van der Waals surface area contributed by atoms with Crippen LogP contribution < -0.4 is 5.84 Å². The van der Waals surface area contributed by atoms with Gasteiger partial charge in [0.05, 0.1) is 16.6 Å². The van der Waals surface area contributed by atoms with Crippen LogP contribution in [0.4, 0.5) is 0 Å². The molecule has 3 N–H and O–H groups in total. The van der Waals surface area contributed by atoms with Crippen LogP contribution in [0.5, 0.6) is 0 Å². The Hall–Kier alpha value is -1.75. The highest BCUT2D eigenvalue weighted by atomic mass is 35.5. The van der Waals surface area contributed by atoms with E-state index in [1.807, 2.05) is 0 Å². The van der Waals surface area contributed by atoms with Crippen LogP contribution >= 0.6 is 12.4 Å². The zero-order chi connectivity index (χ0) is 10.3. The van der Waals surface area contributed by atoms with Gasteiger partial charge in [-0.15, -0.1) is 12.4 Å². The highest BCUT2D eigenvalue weighted by molar-refractivity contribution is 5.92. The number of nitrogen functional groups attached to an aromatic ring is 1. The van der Waals surface area contributed by atoms with E-state index in [-0.39, 0.29) is 18.0 Å². The molecule has 1 aromatic heterocycles. The van der Waals surface area contributed by atoms with Crippen molar-refractivity contribution in [2.75, 3.05) is 5.84 Å². The first-order valence-electron chi connectivity index (χ1n) is 4.07. The summed E-state index contributed by atoms with van der Waals surface area (Å²) >= 11 is 0. The minimum absolute atomic E-state index is 0. The molecule has 1 heterocycles. The molecular weight excluding hydrogens is 218 g/mol. The topological polar surface area (TPSA) is 81.1 Å². The number of carboxylic acids is 1. The Morgan fingerprint density at radius 2 is 2.20 bits per heavy atom. The Morgan fingerprint density at radius 1 is 1.53 bits per heavy atom. The van der Waals surface area contributed by atoms with E-state index < -0.39 is 5.97 Å². The van der Waals surface area contributed by atoms with Gasteiger partial charge in [0.2, 0.25) is 0 Å². The quantitative estimate of drug-likeness (QED) is 0.717. The third-order valence-corrected chi connectivity index (χ3v) is 2.11. The van der Waals surface area contributed by atoms with Crippen LogP contribution in [0.1, 0.15) is 16.2 Å². The lowest BCUT2D eigenvalue weighted by molar-refractivity contribution is 0.0697. The molecule has 0 atom stereocenters. The average Bonchev–Trinajstić information content (AvgIpc) is 2.42. The van der Waals surface area contributed by atoms with E-state index >= 15 is 0 Å². The predicted molar refractivity (Wildman–Crippen MR) is 58.8 cm³/mol. The molecule has 2 rings (SSSR count). The second-order valence-electron chi connectivity index (χ2n) is 3.04. The first-order chi connectivity index (χ1) is 6.59. The number of fused-ring (bicyclic) bond motifs is 1. The maximum Gasteiger partial charge on any atom is 0.335 e. The van der Waals surface area contributed by atoms with Gasteiger partial charge in [-0.05, 0) is 25.1 Å². The number of nitrogens with two attached hydrogens (primary N) is 1. The van der Waals surface area contributed by atoms with E-state index in [9.17, 15) is 4.79 Å². The summed E-state index contributed by atoms with van der Waals surface area (Å²) in [7, 11) is 0. The van der Waals surface area contributed by atoms with Gasteiger partial charge < -0.3 is 10.9 Å². The lowest BCUT2D eigenvalue weighted by Gasteiger charge is -1.96. The summed E-state index contributed by atoms with van der Waals surface area (Å²) in [4.78, 5) is 14.8. The van der Waals surface area contributed by atoms with Crippen molar-refractivity contribution in [1.82, 2.24) is 9.66 Å². The molecule has 0 amide bonds. The number of aryl methyl sites for hydroxylation is 1. The number of hydrogen-bond acceptors (Lipinski definition) is 3. The second kappa shape index (κ2) is 3.78. The van der Waals surface area contributed by atoms with E-state index in [1.165, 1.54) is 16.8 Å². The summed E-state index contributed by atoms with van der Waals surface area (Å²) in [5, 5.41) is 8.75. The van der Waals surface area contributed by atoms with Crippen LogP contribution in [0.25, 0.3) is 11.0 Å². The molecular formula is C9H10ClN3O2. The molecule has 6 heteroatoms. The first-order valence-corrected chi connectivity index (χ1v) is 4.07. The number of halogens is 1. The van der Waals surface area contributed by atoms with Gasteiger partial charge in [0.1, 0.15) is 5.82 Å². The number of carbonyl (C=O) groups is 1. The van der Waals surface area contributed by atoms with Gasteiger partial charge in [-0.3, -0.25) is 0 Å². The average molecular weight is 228 g/mol. The van der Waals surface area contributed by atoms with Crippen molar-refractivity contribution >= 4 is 29.4 Å². The molecule has 15 heavy (non-hydrogen) atoms. The number of imidazole rings is 1. The molecule has 0 saturated heterocycles. The zero-order valence-corrected chi connectivity index (χ0v) is 8.78. The number of carboxylic acid groups (broad SMARTS) is 1. The Morgan fingerprint density at radius 3 is 2.80 bits per heavy atom. The van der Waals surface area contributed by atoms with Gasteiger partial charge in [0, 0.05) is 0 Å². The molecule has 0 fully saturated rings. The minimum Gasteiger partial charge on any atom is -0.478 e. The predicted octanol–water partition coefficient (Wildman–Crippen LogP) is 1.18. The van der Waals surface area contributed by atoms with Gasteiger partial charge in [-0.25, -0.2) is 14.5 Å². The summed E-state index contributed by atoms with van der Waals surface area (Å²) in [5.74, 6) is 5.36. The third kappa shape index (κ3) is 1.73. The highest BCUT2D eigenvalue weighted by Gasteiger charge is 2.08. The van der Waals surface area contributed by atoms with Crippen LogP contribution in [0.2, 0.25) is 0 Å². The molecule has 0 aliphatic heterocycles. The van der Waals surface area contributed by atoms with Crippen LogP contribution in [-0.4, -0.2) is 20.7 Å². The molecule has 2 aromatic rings. The van der Waals surface area contributed by atoms with Crippen molar-refractivity contribution < 1.29 is 9.90 Å². The maximum absolute atomic E-state index is 10.7. The number of nitrogens with zero attached hydrogens (tertiary/aromatic N) is 2. The first kappa shape index (κ1) is 11.3. The Labute approximate surface area is 91.9 Å². The Kier molecular flexibility index (Phi) is 2.85. The molecule has 0 spiro atoms. The van der Waals surface area contributed by atoms with Crippen LogP contribution in [0, 0.1) is 6.92 Å². The highest BCUT2D eigenvalue weighted by Crippen LogP contribution is 2.15. The fraction of sp³-hybridized carbons (Fsp3) is 0.111. The molecule has 1 aromatic carbocycles. The smallest absolute Gasteiger partial charge is 0.335 e. The number of benzene rings is 1. The van der Waals surface area contributed by atoms with E-state index in [0.717, 1.165) is 5.52 Å². The number of aromatic nitrogens is 2. The molecule has 0 aliphatic carbocycles. The van der Waals surface area contributed by atoms with E-state index in [2.05, 4.69) is 4.98 Å². The summed E-state index contributed by atoms with van der Waals surface area (Å²) < 4.78 is 1.43. The van der Waals surface area contributed by atoms with Crippen LogP contribution in [-0.2, 0) is 0 Å². The fourth-order valence-electron chi connectivity index (χ4n) is 1.35. The van der Waals surface area contributed by atoms with Gasteiger partial charge >= 0.3 is 5.97 Å². The standard InChI is InChI=1S/C9H9N3O2.ClH/c1-5-11-7-4-6(9(13)14)2-3-8(7)12(5)10;/h2-4H,10H2,1H3,(H,13,14);1H. The van der Waals surface area contributed by atoms with Crippen molar-refractivity contribution in [3.63, 3.8) is 0 Å². The fourth-order valence-corrected chi connectivity index (χ4v) is 1.35. The Bertz CT molecular complexity index is 521. The van der Waals surface area contributed by atoms with E-state index in [0.29, 0.717) is 11.3 Å². The van der Waals surface area contributed by atoms with Crippen molar-refractivity contribution in [2.24, 2.45) is 0 Å². The monoisotopic (exact) mass is 227 g/mol. The van der Waals surface area contributed by atoms with Crippen LogP contribution in [0.15, 0.2) is 18.2 Å².